The van der Waals surface area contributed by atoms with E-state index in [-0.39, 0.29) is 0 Å². The molecule has 0 saturated carbocycles. The Morgan fingerprint density at radius 3 is 2.59 bits per heavy atom. The summed E-state index contributed by atoms with van der Waals surface area (Å²) in [6.07, 6.45) is 1.72. The maximum absolute atomic E-state index is 10.9. The molecule has 0 aliphatic rings. The van der Waals surface area contributed by atoms with Crippen molar-refractivity contribution < 1.29 is 9.90 Å². The fraction of sp³-hybridized carbons (Fsp3) is 0.214. The van der Waals surface area contributed by atoms with Crippen LogP contribution in [0.1, 0.15) is 18.2 Å². The number of hydrogen-bond acceptors (Lipinski definition) is 1. The largest absolute Gasteiger partial charge is 0.478 e. The molecule has 2 aromatic rings. The monoisotopic (exact) mass is 229 g/mol. The number of fused-ring (bicyclic) bond motifs is 1. The summed E-state index contributed by atoms with van der Waals surface area (Å²) < 4.78 is 2.02. The molecule has 0 bridgehead atoms. The van der Waals surface area contributed by atoms with Gasteiger partial charge in [-0.25, -0.2) is 4.79 Å². The van der Waals surface area contributed by atoms with Crippen molar-refractivity contribution in [2.75, 3.05) is 0 Å². The van der Waals surface area contributed by atoms with Gasteiger partial charge >= 0.3 is 5.97 Å². The van der Waals surface area contributed by atoms with Gasteiger partial charge < -0.3 is 9.67 Å². The van der Waals surface area contributed by atoms with Crippen LogP contribution < -0.4 is 0 Å². The number of para-hydroxylation sites is 1. The molecule has 0 fully saturated rings. The van der Waals surface area contributed by atoms with E-state index in [1.165, 1.54) is 5.39 Å². The number of nitrogens with zero attached hydrogens (tertiary/aromatic N) is 1. The molecular weight excluding hydrogens is 214 g/mol. The first-order chi connectivity index (χ1) is 8.02. The van der Waals surface area contributed by atoms with Crippen LogP contribution in [0.25, 0.3) is 17.0 Å². The molecule has 1 heterocycles. The summed E-state index contributed by atoms with van der Waals surface area (Å²) in [6.45, 7) is 3.63. The maximum Gasteiger partial charge on any atom is 0.331 e. The molecule has 0 atom stereocenters. The quantitative estimate of drug-likeness (QED) is 0.804. The Labute approximate surface area is 100.0 Å². The molecule has 0 aliphatic heterocycles. The van der Waals surface area contributed by atoms with Gasteiger partial charge in [0.25, 0.3) is 0 Å². The van der Waals surface area contributed by atoms with Crippen LogP contribution in [0.2, 0.25) is 0 Å². The van der Waals surface area contributed by atoms with E-state index in [1.54, 1.807) is 13.0 Å². The van der Waals surface area contributed by atoms with Crippen LogP contribution in [0.4, 0.5) is 0 Å². The van der Waals surface area contributed by atoms with Gasteiger partial charge in [0, 0.05) is 29.2 Å². The summed E-state index contributed by atoms with van der Waals surface area (Å²) in [4.78, 5) is 10.9. The van der Waals surface area contributed by atoms with Crippen molar-refractivity contribution in [1.82, 2.24) is 4.57 Å². The van der Waals surface area contributed by atoms with Crippen LogP contribution >= 0.6 is 0 Å². The Kier molecular flexibility index (Phi) is 2.76. The molecule has 0 radical (unpaired) electrons. The first-order valence-electron chi connectivity index (χ1n) is 5.48. The molecule has 0 aliphatic carbocycles. The highest BCUT2D eigenvalue weighted by Crippen LogP contribution is 2.25. The number of carbonyl (C=O) groups is 1. The number of aromatic nitrogens is 1. The van der Waals surface area contributed by atoms with E-state index in [0.29, 0.717) is 5.57 Å². The zero-order valence-electron chi connectivity index (χ0n) is 10.2. The van der Waals surface area contributed by atoms with Gasteiger partial charge in [-0.15, -0.1) is 0 Å². The van der Waals surface area contributed by atoms with Crippen LogP contribution in [0.15, 0.2) is 29.8 Å². The van der Waals surface area contributed by atoms with E-state index < -0.39 is 5.97 Å². The summed E-state index contributed by atoms with van der Waals surface area (Å²) in [5, 5.41) is 10.1. The number of benzene rings is 1. The molecular formula is C14H15NO2. The van der Waals surface area contributed by atoms with Crippen molar-refractivity contribution in [3.63, 3.8) is 0 Å². The Morgan fingerprint density at radius 1 is 1.35 bits per heavy atom. The van der Waals surface area contributed by atoms with E-state index in [1.807, 2.05) is 36.7 Å². The molecule has 3 heteroatoms. The number of hydrogen-bond donors (Lipinski definition) is 1. The Hall–Kier alpha value is -2.03. The first-order valence-corrected chi connectivity index (χ1v) is 5.48. The van der Waals surface area contributed by atoms with Crippen LogP contribution in [-0.2, 0) is 11.8 Å². The highest BCUT2D eigenvalue weighted by molar-refractivity contribution is 5.94. The third-order valence-corrected chi connectivity index (χ3v) is 3.11. The molecule has 0 spiro atoms. The van der Waals surface area contributed by atoms with Gasteiger partial charge in [0.1, 0.15) is 0 Å². The summed E-state index contributed by atoms with van der Waals surface area (Å²) in [5.74, 6) is -0.880. The first kappa shape index (κ1) is 11.5. The van der Waals surface area contributed by atoms with Gasteiger partial charge in [-0.2, -0.15) is 0 Å². The fourth-order valence-corrected chi connectivity index (χ4v) is 2.07. The molecule has 0 saturated heterocycles. The van der Waals surface area contributed by atoms with Crippen LogP contribution in [0, 0.1) is 6.92 Å². The van der Waals surface area contributed by atoms with Crippen molar-refractivity contribution in [2.45, 2.75) is 13.8 Å². The standard InChI is InChI=1S/C14H15NO2/c1-9(14(16)17)8-13-10(2)11-6-4-5-7-12(11)15(13)3/h4-8H,1-3H3,(H,16,17)/b9-8-. The van der Waals surface area contributed by atoms with Crippen molar-refractivity contribution in [3.05, 3.63) is 41.1 Å². The summed E-state index contributed by atoms with van der Waals surface area (Å²) in [6, 6.07) is 8.07. The molecule has 1 aromatic carbocycles. The number of carboxylic acids is 1. The fourth-order valence-electron chi connectivity index (χ4n) is 2.07. The number of aryl methyl sites for hydroxylation is 2. The second-order valence-electron chi connectivity index (χ2n) is 4.22. The van der Waals surface area contributed by atoms with Crippen LogP contribution in [0.3, 0.4) is 0 Å². The lowest BCUT2D eigenvalue weighted by atomic mass is 10.1. The number of rotatable bonds is 2. The molecule has 1 aromatic heterocycles. The minimum atomic E-state index is -0.880. The smallest absolute Gasteiger partial charge is 0.331 e. The molecule has 0 amide bonds. The van der Waals surface area contributed by atoms with Gasteiger partial charge in [0.2, 0.25) is 0 Å². The van der Waals surface area contributed by atoms with E-state index in [4.69, 9.17) is 5.11 Å². The van der Waals surface area contributed by atoms with Gasteiger partial charge in [-0.05, 0) is 31.6 Å². The van der Waals surface area contributed by atoms with Crippen molar-refractivity contribution in [2.24, 2.45) is 7.05 Å². The molecule has 1 N–H and O–H groups in total. The van der Waals surface area contributed by atoms with E-state index in [0.717, 1.165) is 16.8 Å². The zero-order valence-corrected chi connectivity index (χ0v) is 10.2. The minimum absolute atomic E-state index is 0.346. The van der Waals surface area contributed by atoms with E-state index in [9.17, 15) is 4.79 Å². The lowest BCUT2D eigenvalue weighted by Gasteiger charge is -2.01. The van der Waals surface area contributed by atoms with E-state index in [2.05, 4.69) is 6.07 Å². The summed E-state index contributed by atoms with van der Waals surface area (Å²) in [5.41, 5.74) is 3.53. The normalized spacial score (nSPS) is 12.1. The minimum Gasteiger partial charge on any atom is -0.478 e. The molecule has 0 unspecified atom stereocenters. The van der Waals surface area contributed by atoms with Crippen molar-refractivity contribution >= 4 is 22.9 Å². The molecule has 3 nitrogen and oxygen atoms in total. The predicted molar refractivity (Wildman–Crippen MR) is 68.9 cm³/mol. The Morgan fingerprint density at radius 2 is 2.00 bits per heavy atom. The zero-order chi connectivity index (χ0) is 12.6. The van der Waals surface area contributed by atoms with Gasteiger partial charge in [-0.3, -0.25) is 0 Å². The van der Waals surface area contributed by atoms with Crippen LogP contribution in [0.5, 0.6) is 0 Å². The van der Waals surface area contributed by atoms with Gasteiger partial charge in [0.15, 0.2) is 0 Å². The molecule has 2 rings (SSSR count). The predicted octanol–water partition coefficient (Wildman–Crippen LogP) is 2.97. The SMILES string of the molecule is C/C(=C/c1c(C)c2ccccc2n1C)C(=O)O. The van der Waals surface area contributed by atoms with Crippen molar-refractivity contribution in [1.29, 1.82) is 0 Å². The highest BCUT2D eigenvalue weighted by Gasteiger charge is 2.10. The topological polar surface area (TPSA) is 42.2 Å². The number of aliphatic carboxylic acids is 1. The lowest BCUT2D eigenvalue weighted by Crippen LogP contribution is -1.98. The highest BCUT2D eigenvalue weighted by atomic mass is 16.4. The Bertz CT molecular complexity index is 581. The average Bonchev–Trinajstić information content (AvgIpc) is 2.55. The molecule has 88 valence electrons. The lowest BCUT2D eigenvalue weighted by molar-refractivity contribution is -0.132. The third-order valence-electron chi connectivity index (χ3n) is 3.11. The molecule has 17 heavy (non-hydrogen) atoms. The second-order valence-corrected chi connectivity index (χ2v) is 4.22. The number of carboxylic acid groups (broad SMARTS) is 1. The Balaban J connectivity index is 2.71. The average molecular weight is 229 g/mol. The van der Waals surface area contributed by atoms with Gasteiger partial charge in [-0.1, -0.05) is 18.2 Å². The summed E-state index contributed by atoms with van der Waals surface area (Å²) in [7, 11) is 1.95. The maximum atomic E-state index is 10.9. The third kappa shape index (κ3) is 1.84. The van der Waals surface area contributed by atoms with Crippen molar-refractivity contribution in [3.8, 4) is 0 Å². The summed E-state index contributed by atoms with van der Waals surface area (Å²) >= 11 is 0. The van der Waals surface area contributed by atoms with Crippen LogP contribution in [-0.4, -0.2) is 15.6 Å². The second kappa shape index (κ2) is 4.09. The van der Waals surface area contributed by atoms with E-state index >= 15 is 0 Å². The van der Waals surface area contributed by atoms with Gasteiger partial charge in [0.05, 0.1) is 0 Å².